The number of aryl methyl sites for hydroxylation is 1. The SMILES string of the molecule is CCC(O)(CC)COc1ccc(C)cc1[C@H](C)O. The van der Waals surface area contributed by atoms with Gasteiger partial charge < -0.3 is 14.9 Å². The fourth-order valence-corrected chi connectivity index (χ4v) is 1.79. The van der Waals surface area contributed by atoms with Crippen LogP contribution in [-0.2, 0) is 0 Å². The van der Waals surface area contributed by atoms with Gasteiger partial charge in [-0.05, 0) is 38.8 Å². The Labute approximate surface area is 109 Å². The quantitative estimate of drug-likeness (QED) is 0.818. The second-order valence-electron chi connectivity index (χ2n) is 4.94. The number of hydrogen-bond donors (Lipinski definition) is 2. The third kappa shape index (κ3) is 3.72. The van der Waals surface area contributed by atoms with E-state index in [-0.39, 0.29) is 6.61 Å². The van der Waals surface area contributed by atoms with E-state index in [1.165, 1.54) is 0 Å². The average Bonchev–Trinajstić information content (AvgIpc) is 2.36. The summed E-state index contributed by atoms with van der Waals surface area (Å²) in [4.78, 5) is 0. The highest BCUT2D eigenvalue weighted by atomic mass is 16.5. The van der Waals surface area contributed by atoms with Crippen molar-refractivity contribution in [2.24, 2.45) is 0 Å². The van der Waals surface area contributed by atoms with Crippen molar-refractivity contribution in [3.8, 4) is 5.75 Å². The molecule has 0 saturated carbocycles. The van der Waals surface area contributed by atoms with Crippen LogP contribution in [0.25, 0.3) is 0 Å². The fraction of sp³-hybridized carbons (Fsp3) is 0.600. The summed E-state index contributed by atoms with van der Waals surface area (Å²) in [5.41, 5.74) is 1.06. The molecular formula is C15H24O3. The minimum absolute atomic E-state index is 0.253. The number of rotatable bonds is 6. The molecule has 1 atom stereocenters. The lowest BCUT2D eigenvalue weighted by Crippen LogP contribution is -2.34. The molecule has 3 heteroatoms. The second-order valence-corrected chi connectivity index (χ2v) is 4.94. The summed E-state index contributed by atoms with van der Waals surface area (Å²) in [6, 6.07) is 5.71. The van der Waals surface area contributed by atoms with Crippen molar-refractivity contribution in [1.82, 2.24) is 0 Å². The van der Waals surface area contributed by atoms with E-state index in [2.05, 4.69) is 0 Å². The predicted molar refractivity (Wildman–Crippen MR) is 72.8 cm³/mol. The van der Waals surface area contributed by atoms with Crippen molar-refractivity contribution < 1.29 is 14.9 Å². The zero-order chi connectivity index (χ0) is 13.8. The van der Waals surface area contributed by atoms with Gasteiger partial charge in [-0.2, -0.15) is 0 Å². The highest BCUT2D eigenvalue weighted by molar-refractivity contribution is 5.38. The molecule has 0 fully saturated rings. The Morgan fingerprint density at radius 2 is 1.89 bits per heavy atom. The van der Waals surface area contributed by atoms with Gasteiger partial charge in [0.15, 0.2) is 0 Å². The molecular weight excluding hydrogens is 228 g/mol. The summed E-state index contributed by atoms with van der Waals surface area (Å²) < 4.78 is 5.69. The van der Waals surface area contributed by atoms with E-state index >= 15 is 0 Å². The molecule has 1 aromatic rings. The minimum Gasteiger partial charge on any atom is -0.490 e. The van der Waals surface area contributed by atoms with Crippen LogP contribution in [0.4, 0.5) is 0 Å². The van der Waals surface area contributed by atoms with Crippen molar-refractivity contribution in [2.75, 3.05) is 6.61 Å². The summed E-state index contributed by atoms with van der Waals surface area (Å²) in [5, 5.41) is 19.9. The van der Waals surface area contributed by atoms with Gasteiger partial charge in [0.05, 0.1) is 11.7 Å². The predicted octanol–water partition coefficient (Wildman–Crippen LogP) is 2.98. The Morgan fingerprint density at radius 3 is 2.39 bits per heavy atom. The Hall–Kier alpha value is -1.06. The van der Waals surface area contributed by atoms with Crippen LogP contribution < -0.4 is 4.74 Å². The van der Waals surface area contributed by atoms with Gasteiger partial charge in [0.25, 0.3) is 0 Å². The highest BCUT2D eigenvalue weighted by Gasteiger charge is 2.23. The topological polar surface area (TPSA) is 49.7 Å². The van der Waals surface area contributed by atoms with E-state index < -0.39 is 11.7 Å². The number of benzene rings is 1. The molecule has 18 heavy (non-hydrogen) atoms. The second kappa shape index (κ2) is 6.21. The van der Waals surface area contributed by atoms with Gasteiger partial charge >= 0.3 is 0 Å². The maximum atomic E-state index is 10.2. The Balaban J connectivity index is 2.85. The first-order chi connectivity index (χ1) is 8.41. The standard InChI is InChI=1S/C15H24O3/c1-5-15(17,6-2)10-18-14-8-7-11(3)9-13(14)12(4)16/h7-9,12,16-17H,5-6,10H2,1-4H3/t12-/m0/s1. The molecule has 0 spiro atoms. The van der Waals surface area contributed by atoms with Crippen molar-refractivity contribution in [3.05, 3.63) is 29.3 Å². The van der Waals surface area contributed by atoms with Crippen molar-refractivity contribution in [2.45, 2.75) is 52.2 Å². The van der Waals surface area contributed by atoms with Crippen molar-refractivity contribution in [1.29, 1.82) is 0 Å². The summed E-state index contributed by atoms with van der Waals surface area (Å²) in [7, 11) is 0. The Bertz CT molecular complexity index is 381. The van der Waals surface area contributed by atoms with Gasteiger partial charge in [0.2, 0.25) is 0 Å². The molecule has 0 saturated heterocycles. The molecule has 0 aliphatic heterocycles. The highest BCUT2D eigenvalue weighted by Crippen LogP contribution is 2.27. The third-order valence-electron chi connectivity index (χ3n) is 3.43. The molecule has 0 amide bonds. The number of aliphatic hydroxyl groups is 2. The largest absolute Gasteiger partial charge is 0.490 e. The van der Waals surface area contributed by atoms with Gasteiger partial charge in [0, 0.05) is 5.56 Å². The van der Waals surface area contributed by atoms with E-state index in [1.54, 1.807) is 6.92 Å². The van der Waals surface area contributed by atoms with Gasteiger partial charge in [-0.1, -0.05) is 25.5 Å². The zero-order valence-electron chi connectivity index (χ0n) is 11.7. The molecule has 0 aliphatic carbocycles. The van der Waals surface area contributed by atoms with E-state index in [4.69, 9.17) is 4.74 Å². The molecule has 102 valence electrons. The van der Waals surface area contributed by atoms with Crippen molar-refractivity contribution >= 4 is 0 Å². The maximum Gasteiger partial charge on any atom is 0.125 e. The fourth-order valence-electron chi connectivity index (χ4n) is 1.79. The van der Waals surface area contributed by atoms with Crippen LogP contribution in [0.15, 0.2) is 18.2 Å². The first-order valence-corrected chi connectivity index (χ1v) is 6.55. The molecule has 0 bridgehead atoms. The van der Waals surface area contributed by atoms with E-state index in [1.807, 2.05) is 39.0 Å². The first-order valence-electron chi connectivity index (χ1n) is 6.55. The molecule has 2 N–H and O–H groups in total. The molecule has 0 heterocycles. The summed E-state index contributed by atoms with van der Waals surface area (Å²) >= 11 is 0. The maximum absolute atomic E-state index is 10.2. The molecule has 3 nitrogen and oxygen atoms in total. The lowest BCUT2D eigenvalue weighted by molar-refractivity contribution is -0.0121. The van der Waals surface area contributed by atoms with E-state index in [0.717, 1.165) is 11.1 Å². The Morgan fingerprint density at radius 1 is 1.28 bits per heavy atom. The van der Waals surface area contributed by atoms with Gasteiger partial charge in [-0.25, -0.2) is 0 Å². The Kier molecular flexibility index (Phi) is 5.17. The molecule has 1 rings (SSSR count). The number of ether oxygens (including phenoxy) is 1. The molecule has 0 unspecified atom stereocenters. The van der Waals surface area contributed by atoms with Crippen LogP contribution >= 0.6 is 0 Å². The normalized spacial score (nSPS) is 13.4. The zero-order valence-corrected chi connectivity index (χ0v) is 11.7. The number of hydrogen-bond acceptors (Lipinski definition) is 3. The van der Waals surface area contributed by atoms with Crippen LogP contribution in [0, 0.1) is 6.92 Å². The smallest absolute Gasteiger partial charge is 0.125 e. The summed E-state index contributed by atoms with van der Waals surface area (Å²) in [6.07, 6.45) is 0.731. The molecule has 1 aromatic carbocycles. The van der Waals surface area contributed by atoms with E-state index in [9.17, 15) is 10.2 Å². The van der Waals surface area contributed by atoms with Gasteiger partial charge in [-0.15, -0.1) is 0 Å². The molecule has 0 aliphatic rings. The van der Waals surface area contributed by atoms with Gasteiger partial charge in [0.1, 0.15) is 12.4 Å². The van der Waals surface area contributed by atoms with Crippen LogP contribution in [0.2, 0.25) is 0 Å². The van der Waals surface area contributed by atoms with Crippen LogP contribution in [0.1, 0.15) is 50.8 Å². The molecule has 0 aromatic heterocycles. The van der Waals surface area contributed by atoms with Crippen LogP contribution in [0.3, 0.4) is 0 Å². The summed E-state index contributed by atoms with van der Waals surface area (Å²) in [5.74, 6) is 0.649. The third-order valence-corrected chi connectivity index (χ3v) is 3.43. The first kappa shape index (κ1) is 15.0. The van der Waals surface area contributed by atoms with Crippen LogP contribution in [-0.4, -0.2) is 22.4 Å². The average molecular weight is 252 g/mol. The molecule has 0 radical (unpaired) electrons. The minimum atomic E-state index is -0.791. The van der Waals surface area contributed by atoms with Crippen LogP contribution in [0.5, 0.6) is 5.75 Å². The van der Waals surface area contributed by atoms with E-state index in [0.29, 0.717) is 18.6 Å². The van der Waals surface area contributed by atoms with Gasteiger partial charge in [-0.3, -0.25) is 0 Å². The lowest BCUT2D eigenvalue weighted by atomic mass is 9.99. The van der Waals surface area contributed by atoms with Crippen molar-refractivity contribution in [3.63, 3.8) is 0 Å². The monoisotopic (exact) mass is 252 g/mol. The summed E-state index contributed by atoms with van der Waals surface area (Å²) in [6.45, 7) is 7.83. The lowest BCUT2D eigenvalue weighted by Gasteiger charge is -2.26. The number of aliphatic hydroxyl groups excluding tert-OH is 1.